The van der Waals surface area contributed by atoms with Crippen molar-refractivity contribution in [2.24, 2.45) is 0 Å². The minimum absolute atomic E-state index is 0.0122. The van der Waals surface area contributed by atoms with Gasteiger partial charge in [-0.15, -0.1) is 0 Å². The molecule has 0 aliphatic carbocycles. The van der Waals surface area contributed by atoms with Gasteiger partial charge in [-0.3, -0.25) is 4.79 Å². The predicted molar refractivity (Wildman–Crippen MR) is 63.2 cm³/mol. The Kier molecular flexibility index (Phi) is 5.20. The first-order chi connectivity index (χ1) is 8.84. The van der Waals surface area contributed by atoms with Gasteiger partial charge in [0, 0.05) is 6.42 Å². The third kappa shape index (κ3) is 4.81. The molecule has 106 valence electrons. The van der Waals surface area contributed by atoms with Crippen molar-refractivity contribution in [3.63, 3.8) is 0 Å². The summed E-state index contributed by atoms with van der Waals surface area (Å²) in [4.78, 5) is 10.5. The Morgan fingerprint density at radius 1 is 1.37 bits per heavy atom. The molecule has 1 N–H and O–H groups in total. The van der Waals surface area contributed by atoms with Gasteiger partial charge < -0.3 is 9.84 Å². The molecule has 3 nitrogen and oxygen atoms in total. The van der Waals surface area contributed by atoms with E-state index in [1.165, 1.54) is 6.07 Å². The van der Waals surface area contributed by atoms with E-state index in [4.69, 9.17) is 9.84 Å². The Morgan fingerprint density at radius 3 is 2.58 bits per heavy atom. The van der Waals surface area contributed by atoms with Crippen LogP contribution in [0.25, 0.3) is 0 Å². The van der Waals surface area contributed by atoms with E-state index in [1.54, 1.807) is 0 Å². The predicted octanol–water partition coefficient (Wildman–Crippen LogP) is 3.51. The van der Waals surface area contributed by atoms with Crippen LogP contribution in [0.15, 0.2) is 18.2 Å². The van der Waals surface area contributed by atoms with Crippen molar-refractivity contribution < 1.29 is 27.8 Å². The number of benzene rings is 1. The van der Waals surface area contributed by atoms with E-state index < -0.39 is 17.7 Å². The van der Waals surface area contributed by atoms with Gasteiger partial charge in [0.05, 0.1) is 12.2 Å². The Bertz CT molecular complexity index is 441. The number of halogens is 3. The number of carbonyl (C=O) groups is 1. The minimum Gasteiger partial charge on any atom is -0.493 e. The van der Waals surface area contributed by atoms with Crippen LogP contribution in [0, 0.1) is 0 Å². The molecule has 0 aliphatic heterocycles. The molecule has 0 bridgehead atoms. The summed E-state index contributed by atoms with van der Waals surface area (Å²) in [6.07, 6.45) is -3.94. The average Bonchev–Trinajstić information content (AvgIpc) is 2.33. The van der Waals surface area contributed by atoms with Gasteiger partial charge in [-0.05, 0) is 36.6 Å². The largest absolute Gasteiger partial charge is 0.493 e. The van der Waals surface area contributed by atoms with Crippen molar-refractivity contribution in [1.82, 2.24) is 0 Å². The molecule has 0 radical (unpaired) electrons. The molecule has 0 aliphatic rings. The molecule has 0 atom stereocenters. The van der Waals surface area contributed by atoms with E-state index in [9.17, 15) is 18.0 Å². The summed E-state index contributed by atoms with van der Waals surface area (Å²) >= 11 is 0. The fourth-order valence-electron chi connectivity index (χ4n) is 1.55. The van der Waals surface area contributed by atoms with Crippen LogP contribution in [-0.4, -0.2) is 17.7 Å². The highest BCUT2D eigenvalue weighted by molar-refractivity contribution is 5.67. The van der Waals surface area contributed by atoms with E-state index >= 15 is 0 Å². The average molecular weight is 276 g/mol. The van der Waals surface area contributed by atoms with Gasteiger partial charge in [0.25, 0.3) is 0 Å². The molecule has 0 amide bonds. The van der Waals surface area contributed by atoms with Crippen LogP contribution in [0.5, 0.6) is 5.75 Å². The van der Waals surface area contributed by atoms with Gasteiger partial charge in [0.15, 0.2) is 0 Å². The number of rotatable bonds is 6. The summed E-state index contributed by atoms with van der Waals surface area (Å²) in [5, 5.41) is 8.61. The Balaban J connectivity index is 2.99. The first-order valence-electron chi connectivity index (χ1n) is 5.89. The van der Waals surface area contributed by atoms with Crippen molar-refractivity contribution >= 4 is 5.97 Å². The standard InChI is InChI=1S/C13H15F3O3/c1-2-7-19-11-5-4-10(13(14,15)16)8-9(11)3-6-12(17)18/h4-5,8H,2-3,6-7H2,1H3,(H,17,18). The molecule has 19 heavy (non-hydrogen) atoms. The van der Waals surface area contributed by atoms with Gasteiger partial charge in [-0.2, -0.15) is 13.2 Å². The third-order valence-corrected chi connectivity index (χ3v) is 2.46. The molecule has 0 fully saturated rings. The Hall–Kier alpha value is -1.72. The highest BCUT2D eigenvalue weighted by Crippen LogP contribution is 2.33. The number of hydrogen-bond donors (Lipinski definition) is 1. The fraction of sp³-hybridized carbons (Fsp3) is 0.462. The summed E-state index contributed by atoms with van der Waals surface area (Å²) in [7, 11) is 0. The zero-order valence-electron chi connectivity index (χ0n) is 10.5. The van der Waals surface area contributed by atoms with Crippen molar-refractivity contribution in [3.8, 4) is 5.75 Å². The van der Waals surface area contributed by atoms with Gasteiger partial charge in [0.1, 0.15) is 5.75 Å². The lowest BCUT2D eigenvalue weighted by atomic mass is 10.0. The molecule has 1 aromatic rings. The summed E-state index contributed by atoms with van der Waals surface area (Å²) in [5.74, 6) is -0.741. The highest BCUT2D eigenvalue weighted by atomic mass is 19.4. The van der Waals surface area contributed by atoms with Crippen LogP contribution in [0.2, 0.25) is 0 Å². The Labute approximate surface area is 109 Å². The highest BCUT2D eigenvalue weighted by Gasteiger charge is 2.31. The second-order valence-electron chi connectivity index (χ2n) is 4.06. The number of hydrogen-bond acceptors (Lipinski definition) is 2. The molecular formula is C13H15F3O3. The molecule has 0 saturated heterocycles. The van der Waals surface area contributed by atoms with Crippen molar-refractivity contribution in [2.45, 2.75) is 32.4 Å². The van der Waals surface area contributed by atoms with Crippen molar-refractivity contribution in [2.75, 3.05) is 6.61 Å². The minimum atomic E-state index is -4.44. The third-order valence-electron chi connectivity index (χ3n) is 2.46. The second-order valence-corrected chi connectivity index (χ2v) is 4.06. The maximum atomic E-state index is 12.6. The maximum Gasteiger partial charge on any atom is 0.416 e. The molecule has 0 unspecified atom stereocenters. The molecule has 0 spiro atoms. The van der Waals surface area contributed by atoms with Gasteiger partial charge in [-0.1, -0.05) is 6.92 Å². The maximum absolute atomic E-state index is 12.6. The molecule has 0 aromatic heterocycles. The fourth-order valence-corrected chi connectivity index (χ4v) is 1.55. The van der Waals surface area contributed by atoms with E-state index in [1.807, 2.05) is 6.92 Å². The molecule has 0 heterocycles. The van der Waals surface area contributed by atoms with Crippen LogP contribution in [-0.2, 0) is 17.4 Å². The number of carboxylic acid groups (broad SMARTS) is 1. The summed E-state index contributed by atoms with van der Waals surface area (Å²) < 4.78 is 43.1. The lowest BCUT2D eigenvalue weighted by Gasteiger charge is -2.13. The summed E-state index contributed by atoms with van der Waals surface area (Å²) in [6, 6.07) is 3.14. The molecule has 6 heteroatoms. The number of ether oxygens (including phenoxy) is 1. The first kappa shape index (κ1) is 15.3. The summed E-state index contributed by atoms with van der Waals surface area (Å²) in [5.41, 5.74) is -0.526. The van der Waals surface area contributed by atoms with Gasteiger partial charge in [-0.25, -0.2) is 0 Å². The SMILES string of the molecule is CCCOc1ccc(C(F)(F)F)cc1CCC(=O)O. The van der Waals surface area contributed by atoms with Crippen LogP contribution < -0.4 is 4.74 Å². The Morgan fingerprint density at radius 2 is 2.05 bits per heavy atom. The number of carboxylic acids is 1. The van der Waals surface area contributed by atoms with Crippen molar-refractivity contribution in [3.05, 3.63) is 29.3 Å². The van der Waals surface area contributed by atoms with Gasteiger partial charge in [0.2, 0.25) is 0 Å². The van der Waals surface area contributed by atoms with Crippen molar-refractivity contribution in [1.29, 1.82) is 0 Å². The normalized spacial score (nSPS) is 11.4. The van der Waals surface area contributed by atoms with Crippen LogP contribution in [0.1, 0.15) is 30.9 Å². The van der Waals surface area contributed by atoms with E-state index in [0.29, 0.717) is 12.4 Å². The quantitative estimate of drug-likeness (QED) is 0.864. The topological polar surface area (TPSA) is 46.5 Å². The summed E-state index contributed by atoms with van der Waals surface area (Å²) in [6.45, 7) is 2.26. The van der Waals surface area contributed by atoms with E-state index in [2.05, 4.69) is 0 Å². The van der Waals surface area contributed by atoms with Gasteiger partial charge >= 0.3 is 12.1 Å². The van der Waals surface area contributed by atoms with Crippen LogP contribution in [0.4, 0.5) is 13.2 Å². The number of aliphatic carboxylic acids is 1. The number of aryl methyl sites for hydroxylation is 1. The lowest BCUT2D eigenvalue weighted by Crippen LogP contribution is -2.08. The zero-order chi connectivity index (χ0) is 14.5. The molecular weight excluding hydrogens is 261 g/mol. The van der Waals surface area contributed by atoms with Crippen LogP contribution in [0.3, 0.4) is 0 Å². The zero-order valence-corrected chi connectivity index (χ0v) is 10.5. The van der Waals surface area contributed by atoms with E-state index in [-0.39, 0.29) is 18.4 Å². The number of alkyl halides is 3. The van der Waals surface area contributed by atoms with E-state index in [0.717, 1.165) is 18.6 Å². The smallest absolute Gasteiger partial charge is 0.416 e. The molecule has 1 aromatic carbocycles. The monoisotopic (exact) mass is 276 g/mol. The lowest BCUT2D eigenvalue weighted by molar-refractivity contribution is -0.137. The molecule has 0 saturated carbocycles. The first-order valence-corrected chi connectivity index (χ1v) is 5.89. The second kappa shape index (κ2) is 6.45. The molecule has 1 rings (SSSR count). The van der Waals surface area contributed by atoms with Crippen LogP contribution >= 0.6 is 0 Å².